The molecule has 0 aliphatic heterocycles. The summed E-state index contributed by atoms with van der Waals surface area (Å²) in [6.07, 6.45) is 6.39. The number of carbonyl (C=O) groups is 1. The van der Waals surface area contributed by atoms with Gasteiger partial charge in [0.1, 0.15) is 5.60 Å². The molecule has 1 aromatic carbocycles. The number of hydrogen-bond acceptors (Lipinski definition) is 2. The highest BCUT2D eigenvalue weighted by atomic mass is 35.5. The van der Waals surface area contributed by atoms with Crippen molar-refractivity contribution in [1.29, 1.82) is 0 Å². The summed E-state index contributed by atoms with van der Waals surface area (Å²) in [5.74, 6) is 0.135. The maximum atomic E-state index is 12.9. The maximum Gasteiger partial charge on any atom is 0.169 e. The van der Waals surface area contributed by atoms with Gasteiger partial charge in [0.15, 0.2) is 5.78 Å². The highest BCUT2D eigenvalue weighted by Crippen LogP contribution is 2.34. The van der Waals surface area contributed by atoms with Crippen LogP contribution in [0.4, 0.5) is 0 Å². The van der Waals surface area contributed by atoms with Gasteiger partial charge in [-0.25, -0.2) is 0 Å². The zero-order chi connectivity index (χ0) is 15.3. The van der Waals surface area contributed by atoms with Crippen molar-refractivity contribution in [1.82, 2.24) is 0 Å². The Morgan fingerprint density at radius 1 is 1.19 bits per heavy atom. The van der Waals surface area contributed by atoms with E-state index in [9.17, 15) is 4.79 Å². The third-order valence-corrected chi connectivity index (χ3v) is 5.08. The Balaban J connectivity index is 2.20. The van der Waals surface area contributed by atoms with Crippen molar-refractivity contribution >= 4 is 29.0 Å². The Morgan fingerprint density at radius 2 is 1.86 bits per heavy atom. The monoisotopic (exact) mass is 328 g/mol. The summed E-state index contributed by atoms with van der Waals surface area (Å²) in [7, 11) is 0. The average molecular weight is 329 g/mol. The lowest BCUT2D eigenvalue weighted by molar-refractivity contribution is -0.145. The second kappa shape index (κ2) is 7.62. The molecule has 21 heavy (non-hydrogen) atoms. The van der Waals surface area contributed by atoms with Crippen LogP contribution in [-0.2, 0) is 16.0 Å². The topological polar surface area (TPSA) is 26.3 Å². The third-order valence-electron chi connectivity index (χ3n) is 4.22. The molecule has 0 atom stereocenters. The number of ketones is 1. The first-order chi connectivity index (χ1) is 10.1. The molecule has 2 nitrogen and oxygen atoms in total. The number of Topliss-reactive ketones (excluding diaryl/α,β-unsaturated/α-hetero) is 1. The second-order valence-corrected chi connectivity index (χ2v) is 6.44. The summed E-state index contributed by atoms with van der Waals surface area (Å²) in [5, 5.41) is 0.973. The first-order valence-electron chi connectivity index (χ1n) is 7.69. The van der Waals surface area contributed by atoms with E-state index in [1.165, 1.54) is 12.8 Å². The molecule has 116 valence electrons. The number of carbonyl (C=O) groups excluding carboxylic acids is 1. The smallest absolute Gasteiger partial charge is 0.169 e. The van der Waals surface area contributed by atoms with Crippen molar-refractivity contribution in [3.8, 4) is 0 Å². The highest BCUT2D eigenvalue weighted by Gasteiger charge is 2.38. The van der Waals surface area contributed by atoms with E-state index in [1.54, 1.807) is 6.07 Å². The summed E-state index contributed by atoms with van der Waals surface area (Å²) >= 11 is 12.2. The van der Waals surface area contributed by atoms with Crippen LogP contribution in [0.15, 0.2) is 18.2 Å². The molecule has 0 unspecified atom stereocenters. The van der Waals surface area contributed by atoms with E-state index in [4.69, 9.17) is 27.9 Å². The van der Waals surface area contributed by atoms with E-state index in [1.807, 2.05) is 19.1 Å². The number of rotatable bonds is 5. The Kier molecular flexibility index (Phi) is 6.09. The minimum Gasteiger partial charge on any atom is -0.367 e. The number of ether oxygens (including phenoxy) is 1. The zero-order valence-electron chi connectivity index (χ0n) is 12.5. The van der Waals surface area contributed by atoms with Crippen molar-refractivity contribution < 1.29 is 9.53 Å². The van der Waals surface area contributed by atoms with E-state index < -0.39 is 5.60 Å². The first kappa shape index (κ1) is 16.8. The summed E-state index contributed by atoms with van der Waals surface area (Å²) < 4.78 is 5.93. The first-order valence-corrected chi connectivity index (χ1v) is 8.45. The van der Waals surface area contributed by atoms with Crippen LogP contribution in [0.5, 0.6) is 0 Å². The van der Waals surface area contributed by atoms with Gasteiger partial charge in [-0.15, -0.1) is 0 Å². The van der Waals surface area contributed by atoms with E-state index in [0.717, 1.165) is 31.2 Å². The molecule has 1 aliphatic rings. The van der Waals surface area contributed by atoms with Gasteiger partial charge in [-0.2, -0.15) is 0 Å². The molecule has 1 aliphatic carbocycles. The molecule has 1 aromatic rings. The Morgan fingerprint density at radius 3 is 2.48 bits per heavy atom. The molecule has 0 heterocycles. The van der Waals surface area contributed by atoms with Crippen LogP contribution in [0.3, 0.4) is 0 Å². The van der Waals surface area contributed by atoms with Gasteiger partial charge < -0.3 is 4.74 Å². The van der Waals surface area contributed by atoms with Crippen LogP contribution >= 0.6 is 23.2 Å². The van der Waals surface area contributed by atoms with Crippen LogP contribution in [0.1, 0.15) is 51.0 Å². The highest BCUT2D eigenvalue weighted by molar-refractivity contribution is 6.42. The largest absolute Gasteiger partial charge is 0.367 e. The minimum atomic E-state index is -0.628. The average Bonchev–Trinajstić information content (AvgIpc) is 2.71. The quantitative estimate of drug-likeness (QED) is 0.691. The van der Waals surface area contributed by atoms with Crippen LogP contribution in [0.25, 0.3) is 0 Å². The molecule has 0 aromatic heterocycles. The van der Waals surface area contributed by atoms with Crippen LogP contribution in [0, 0.1) is 0 Å². The van der Waals surface area contributed by atoms with Crippen molar-refractivity contribution in [2.45, 2.75) is 57.5 Å². The molecular formula is C17H22Cl2O2. The number of benzene rings is 1. The molecule has 1 saturated carbocycles. The Bertz CT molecular complexity index is 492. The lowest BCUT2D eigenvalue weighted by Crippen LogP contribution is -2.42. The molecule has 2 rings (SSSR count). The molecular weight excluding hydrogens is 307 g/mol. The second-order valence-electron chi connectivity index (χ2n) is 5.65. The number of hydrogen-bond donors (Lipinski definition) is 0. The zero-order valence-corrected chi connectivity index (χ0v) is 14.0. The lowest BCUT2D eigenvalue weighted by Gasteiger charge is -2.31. The Hall–Kier alpha value is -0.570. The molecule has 0 bridgehead atoms. The maximum absolute atomic E-state index is 12.9. The fourth-order valence-corrected chi connectivity index (χ4v) is 3.49. The van der Waals surface area contributed by atoms with E-state index >= 15 is 0 Å². The summed E-state index contributed by atoms with van der Waals surface area (Å²) in [4.78, 5) is 12.9. The normalized spacial score (nSPS) is 18.2. The van der Waals surface area contributed by atoms with E-state index in [2.05, 4.69) is 0 Å². The van der Waals surface area contributed by atoms with Gasteiger partial charge in [0.25, 0.3) is 0 Å². The molecule has 0 radical (unpaired) electrons. The van der Waals surface area contributed by atoms with Crippen molar-refractivity contribution in [2.24, 2.45) is 0 Å². The summed E-state index contributed by atoms with van der Waals surface area (Å²) in [5.41, 5.74) is 0.161. The van der Waals surface area contributed by atoms with Gasteiger partial charge in [0.05, 0.1) is 10.0 Å². The van der Waals surface area contributed by atoms with Crippen molar-refractivity contribution in [3.05, 3.63) is 33.8 Å². The number of halogens is 2. The molecule has 0 spiro atoms. The summed E-state index contributed by atoms with van der Waals surface area (Å²) in [6, 6.07) is 5.43. The van der Waals surface area contributed by atoms with Crippen LogP contribution in [0.2, 0.25) is 10.0 Å². The SMILES string of the molecule is CCOC1(C(=O)Cc2cccc(Cl)c2Cl)CCCCCC1. The van der Waals surface area contributed by atoms with E-state index in [-0.39, 0.29) is 5.78 Å². The molecule has 0 N–H and O–H groups in total. The van der Waals surface area contributed by atoms with E-state index in [0.29, 0.717) is 23.1 Å². The fourth-order valence-electron chi connectivity index (χ4n) is 3.10. The molecule has 0 saturated heterocycles. The standard InChI is InChI=1S/C17H22Cl2O2/c1-2-21-17(10-5-3-4-6-11-17)15(20)12-13-8-7-9-14(18)16(13)19/h7-9H,2-6,10-12H2,1H3. The lowest BCUT2D eigenvalue weighted by atomic mass is 9.86. The molecule has 1 fully saturated rings. The van der Waals surface area contributed by atoms with Crippen LogP contribution in [-0.4, -0.2) is 18.0 Å². The van der Waals surface area contributed by atoms with Gasteiger partial charge in [-0.1, -0.05) is 61.0 Å². The Labute approximate surface area is 136 Å². The fraction of sp³-hybridized carbons (Fsp3) is 0.588. The predicted octanol–water partition coefficient (Wildman–Crippen LogP) is 5.23. The summed E-state index contributed by atoms with van der Waals surface area (Å²) in [6.45, 7) is 2.52. The van der Waals surface area contributed by atoms with Crippen molar-refractivity contribution in [2.75, 3.05) is 6.61 Å². The van der Waals surface area contributed by atoms with Gasteiger partial charge in [-0.05, 0) is 31.4 Å². The third kappa shape index (κ3) is 4.00. The molecule has 0 amide bonds. The van der Waals surface area contributed by atoms with Gasteiger partial charge >= 0.3 is 0 Å². The van der Waals surface area contributed by atoms with Gasteiger partial charge in [-0.3, -0.25) is 4.79 Å². The predicted molar refractivity (Wildman–Crippen MR) is 87.2 cm³/mol. The van der Waals surface area contributed by atoms with Gasteiger partial charge in [0.2, 0.25) is 0 Å². The van der Waals surface area contributed by atoms with Crippen molar-refractivity contribution in [3.63, 3.8) is 0 Å². The minimum absolute atomic E-state index is 0.135. The van der Waals surface area contributed by atoms with Gasteiger partial charge in [0, 0.05) is 13.0 Å². The van der Waals surface area contributed by atoms with Crippen LogP contribution < -0.4 is 0 Å². The molecule has 4 heteroatoms.